The van der Waals surface area contributed by atoms with Gasteiger partial charge in [-0.05, 0) is 31.2 Å². The maximum absolute atomic E-state index is 5.10. The molecule has 0 aliphatic rings. The highest BCUT2D eigenvalue weighted by molar-refractivity contribution is 5.52. The average Bonchev–Trinajstić information content (AvgIpc) is 3.13. The number of rotatable bonds is 4. The largest absolute Gasteiger partial charge is 0.472 e. The predicted molar refractivity (Wildman–Crippen MR) is 72.1 cm³/mol. The van der Waals surface area contributed by atoms with Gasteiger partial charge in [0.2, 0.25) is 0 Å². The van der Waals surface area contributed by atoms with Gasteiger partial charge in [-0.25, -0.2) is 0 Å². The average molecular weight is 254 g/mol. The normalized spacial score (nSPS) is 12.3. The van der Waals surface area contributed by atoms with Crippen LogP contribution in [0.25, 0.3) is 5.69 Å². The van der Waals surface area contributed by atoms with Crippen molar-refractivity contribution in [1.82, 2.24) is 14.8 Å². The first-order chi connectivity index (χ1) is 9.33. The Morgan fingerprint density at radius 2 is 2.05 bits per heavy atom. The molecule has 0 radical (unpaired) electrons. The fraction of sp³-hybridized carbons (Fsp3) is 0.143. The van der Waals surface area contributed by atoms with Crippen molar-refractivity contribution in [2.24, 2.45) is 0 Å². The number of nitrogens with zero attached hydrogens (tertiary/aromatic N) is 3. The molecule has 0 spiro atoms. The van der Waals surface area contributed by atoms with Gasteiger partial charge in [0, 0.05) is 11.3 Å². The molecule has 96 valence electrons. The first-order valence-electron chi connectivity index (χ1n) is 6.06. The second-order valence-electron chi connectivity index (χ2n) is 4.34. The minimum absolute atomic E-state index is 0.190. The Morgan fingerprint density at radius 3 is 2.79 bits per heavy atom. The first kappa shape index (κ1) is 11.5. The van der Waals surface area contributed by atoms with E-state index >= 15 is 0 Å². The molecule has 1 atom stereocenters. The van der Waals surface area contributed by atoms with Crippen LogP contribution in [0, 0.1) is 0 Å². The highest BCUT2D eigenvalue weighted by atomic mass is 16.3. The molecule has 3 rings (SSSR count). The highest BCUT2D eigenvalue weighted by Crippen LogP contribution is 2.21. The molecule has 0 amide bonds. The molecule has 0 saturated carbocycles. The molecule has 5 heteroatoms. The molecule has 1 unspecified atom stereocenters. The van der Waals surface area contributed by atoms with Gasteiger partial charge in [-0.3, -0.25) is 4.57 Å². The van der Waals surface area contributed by atoms with Gasteiger partial charge < -0.3 is 9.73 Å². The SMILES string of the molecule is CC(Nc1cccc(-n2cnnc2)c1)c1ccoc1. The number of hydrogen-bond donors (Lipinski definition) is 1. The van der Waals surface area contributed by atoms with Gasteiger partial charge in [-0.15, -0.1) is 10.2 Å². The lowest BCUT2D eigenvalue weighted by Gasteiger charge is -2.14. The monoisotopic (exact) mass is 254 g/mol. The molecule has 0 fully saturated rings. The summed E-state index contributed by atoms with van der Waals surface area (Å²) in [6.45, 7) is 2.09. The molecular weight excluding hydrogens is 240 g/mol. The van der Waals surface area contributed by atoms with Crippen LogP contribution < -0.4 is 5.32 Å². The third-order valence-electron chi connectivity index (χ3n) is 2.99. The summed E-state index contributed by atoms with van der Waals surface area (Å²) >= 11 is 0. The third kappa shape index (κ3) is 2.49. The summed E-state index contributed by atoms with van der Waals surface area (Å²) < 4.78 is 6.96. The van der Waals surface area contributed by atoms with Gasteiger partial charge in [-0.1, -0.05) is 6.07 Å². The van der Waals surface area contributed by atoms with Crippen LogP contribution in [0.1, 0.15) is 18.5 Å². The molecule has 1 aromatic carbocycles. The molecule has 2 heterocycles. The number of aromatic nitrogens is 3. The van der Waals surface area contributed by atoms with E-state index in [1.54, 1.807) is 25.2 Å². The second-order valence-corrected chi connectivity index (χ2v) is 4.34. The van der Waals surface area contributed by atoms with Crippen LogP contribution in [0.4, 0.5) is 5.69 Å². The molecule has 2 aromatic heterocycles. The summed E-state index contributed by atoms with van der Waals surface area (Å²) in [7, 11) is 0. The molecule has 0 aliphatic carbocycles. The molecule has 1 N–H and O–H groups in total. The maximum atomic E-state index is 5.10. The zero-order valence-corrected chi connectivity index (χ0v) is 10.5. The van der Waals surface area contributed by atoms with E-state index in [0.29, 0.717) is 0 Å². The van der Waals surface area contributed by atoms with E-state index < -0.39 is 0 Å². The molecule has 3 aromatic rings. The van der Waals surface area contributed by atoms with E-state index in [2.05, 4.69) is 28.5 Å². The van der Waals surface area contributed by atoms with Crippen LogP contribution >= 0.6 is 0 Å². The van der Waals surface area contributed by atoms with Gasteiger partial charge >= 0.3 is 0 Å². The van der Waals surface area contributed by atoms with Crippen LogP contribution in [-0.2, 0) is 0 Å². The van der Waals surface area contributed by atoms with Crippen molar-refractivity contribution in [2.75, 3.05) is 5.32 Å². The van der Waals surface area contributed by atoms with Crippen molar-refractivity contribution < 1.29 is 4.42 Å². The van der Waals surface area contributed by atoms with E-state index in [0.717, 1.165) is 16.9 Å². The van der Waals surface area contributed by atoms with Crippen molar-refractivity contribution in [1.29, 1.82) is 0 Å². The van der Waals surface area contributed by atoms with Crippen LogP contribution in [-0.4, -0.2) is 14.8 Å². The number of benzene rings is 1. The Balaban J connectivity index is 1.80. The number of furan rings is 1. The van der Waals surface area contributed by atoms with Crippen LogP contribution in [0.15, 0.2) is 59.9 Å². The summed E-state index contributed by atoms with van der Waals surface area (Å²) in [6, 6.07) is 10.2. The van der Waals surface area contributed by atoms with Crippen LogP contribution in [0.2, 0.25) is 0 Å². The Morgan fingerprint density at radius 1 is 1.21 bits per heavy atom. The van der Waals surface area contributed by atoms with Crippen molar-refractivity contribution in [3.05, 3.63) is 61.1 Å². The lowest BCUT2D eigenvalue weighted by molar-refractivity contribution is 0.562. The predicted octanol–water partition coefficient (Wildman–Crippen LogP) is 3.03. The first-order valence-corrected chi connectivity index (χ1v) is 6.06. The minimum atomic E-state index is 0.190. The second kappa shape index (κ2) is 4.97. The summed E-state index contributed by atoms with van der Waals surface area (Å²) in [5.74, 6) is 0. The zero-order chi connectivity index (χ0) is 13.1. The zero-order valence-electron chi connectivity index (χ0n) is 10.5. The fourth-order valence-electron chi connectivity index (χ4n) is 1.95. The van der Waals surface area contributed by atoms with E-state index in [4.69, 9.17) is 4.42 Å². The molecule has 0 saturated heterocycles. The highest BCUT2D eigenvalue weighted by Gasteiger charge is 2.07. The van der Waals surface area contributed by atoms with Crippen molar-refractivity contribution >= 4 is 5.69 Å². The number of anilines is 1. The van der Waals surface area contributed by atoms with E-state index in [-0.39, 0.29) is 6.04 Å². The minimum Gasteiger partial charge on any atom is -0.472 e. The van der Waals surface area contributed by atoms with Crippen molar-refractivity contribution in [3.8, 4) is 5.69 Å². The van der Waals surface area contributed by atoms with E-state index in [1.807, 2.05) is 28.8 Å². The smallest absolute Gasteiger partial charge is 0.123 e. The lowest BCUT2D eigenvalue weighted by atomic mass is 10.1. The lowest BCUT2D eigenvalue weighted by Crippen LogP contribution is -2.05. The Kier molecular flexibility index (Phi) is 3.02. The fourth-order valence-corrected chi connectivity index (χ4v) is 1.95. The van der Waals surface area contributed by atoms with Gasteiger partial charge in [0.05, 0.1) is 24.3 Å². The van der Waals surface area contributed by atoms with Gasteiger partial charge in [0.15, 0.2) is 0 Å². The summed E-state index contributed by atoms with van der Waals surface area (Å²) in [6.07, 6.45) is 6.79. The van der Waals surface area contributed by atoms with Crippen LogP contribution in [0.5, 0.6) is 0 Å². The summed E-state index contributed by atoms with van der Waals surface area (Å²) in [5.41, 5.74) is 3.18. The van der Waals surface area contributed by atoms with E-state index in [1.165, 1.54) is 0 Å². The molecule has 0 bridgehead atoms. The van der Waals surface area contributed by atoms with Crippen LogP contribution in [0.3, 0.4) is 0 Å². The molecule has 0 aliphatic heterocycles. The topological polar surface area (TPSA) is 55.9 Å². The third-order valence-corrected chi connectivity index (χ3v) is 2.99. The molecular formula is C14H14N4O. The number of hydrogen-bond acceptors (Lipinski definition) is 4. The Bertz CT molecular complexity index is 631. The summed E-state index contributed by atoms with van der Waals surface area (Å²) in [4.78, 5) is 0. The standard InChI is InChI=1S/C14H14N4O/c1-11(12-5-6-19-8-12)17-13-3-2-4-14(7-13)18-9-15-16-10-18/h2-11,17H,1H3. The van der Waals surface area contributed by atoms with Gasteiger partial charge in [0.25, 0.3) is 0 Å². The maximum Gasteiger partial charge on any atom is 0.123 e. The number of nitrogens with one attached hydrogen (secondary N) is 1. The Labute approximate surface area is 110 Å². The van der Waals surface area contributed by atoms with Gasteiger partial charge in [-0.2, -0.15) is 0 Å². The Hall–Kier alpha value is -2.56. The van der Waals surface area contributed by atoms with Crippen molar-refractivity contribution in [3.63, 3.8) is 0 Å². The van der Waals surface area contributed by atoms with E-state index in [9.17, 15) is 0 Å². The summed E-state index contributed by atoms with van der Waals surface area (Å²) in [5, 5.41) is 11.1. The molecule has 19 heavy (non-hydrogen) atoms. The quantitative estimate of drug-likeness (QED) is 0.777. The van der Waals surface area contributed by atoms with Gasteiger partial charge in [0.1, 0.15) is 12.7 Å². The van der Waals surface area contributed by atoms with Crippen molar-refractivity contribution in [2.45, 2.75) is 13.0 Å². The molecule has 5 nitrogen and oxygen atoms in total.